The van der Waals surface area contributed by atoms with E-state index in [0.717, 1.165) is 67.1 Å². The van der Waals surface area contributed by atoms with Crippen molar-refractivity contribution in [3.05, 3.63) is 80.1 Å². The number of rotatable bonds is 2. The van der Waals surface area contributed by atoms with Crippen LogP contribution in [0.4, 0.5) is 0 Å². The van der Waals surface area contributed by atoms with Crippen LogP contribution in [0.15, 0.2) is 58.1 Å². The van der Waals surface area contributed by atoms with Crippen LogP contribution in [0.2, 0.25) is 0 Å². The van der Waals surface area contributed by atoms with Crippen molar-refractivity contribution >= 4 is 43.1 Å². The van der Waals surface area contributed by atoms with Gasteiger partial charge in [-0.1, -0.05) is 62.4 Å². The van der Waals surface area contributed by atoms with E-state index in [1.807, 2.05) is 48.5 Å². The van der Waals surface area contributed by atoms with E-state index in [-0.39, 0.29) is 10.9 Å². The van der Waals surface area contributed by atoms with Crippen LogP contribution in [0, 0.1) is 0 Å². The molecular weight excluding hydrogens is 320 g/mol. The quantitative estimate of drug-likeness (QED) is 0.453. The van der Waals surface area contributed by atoms with E-state index < -0.39 is 0 Å². The Kier molecular flexibility index (Phi) is 3.08. The van der Waals surface area contributed by atoms with Gasteiger partial charge in [0.05, 0.1) is 0 Å². The summed E-state index contributed by atoms with van der Waals surface area (Å²) < 4.78 is 0. The Morgan fingerprint density at radius 2 is 0.885 bits per heavy atom. The lowest BCUT2D eigenvalue weighted by atomic mass is 9.92. The van der Waals surface area contributed by atoms with Gasteiger partial charge in [0.2, 0.25) is 0 Å². The van der Waals surface area contributed by atoms with Crippen LogP contribution >= 0.6 is 0 Å². The molecule has 26 heavy (non-hydrogen) atoms. The van der Waals surface area contributed by atoms with Crippen molar-refractivity contribution in [2.75, 3.05) is 0 Å². The van der Waals surface area contributed by atoms with Gasteiger partial charge in [0.1, 0.15) is 0 Å². The first-order valence-electron chi connectivity index (χ1n) is 9.18. The minimum Gasteiger partial charge on any atom is -0.289 e. The third kappa shape index (κ3) is 1.67. The first-order valence-corrected chi connectivity index (χ1v) is 9.18. The van der Waals surface area contributed by atoms with Gasteiger partial charge in [-0.25, -0.2) is 0 Å². The molecule has 0 aliphatic carbocycles. The Morgan fingerprint density at radius 3 is 1.23 bits per heavy atom. The van der Waals surface area contributed by atoms with Gasteiger partial charge >= 0.3 is 0 Å². The average molecular weight is 338 g/mol. The topological polar surface area (TPSA) is 34.1 Å². The Hall–Kier alpha value is -3.00. The SMILES string of the molecule is CCc1c2c(=O)c3ccccc3c2c(CC)c2c(=O)c3ccccc3c12. The standard InChI is InChI=1S/C24H18O2/c1-3-13-19-15-9-5-7-11-17(15)24(26)22(19)14(4-2)20-16-10-6-8-12-18(16)23(25)21(13)20/h5-12H,3-4H2,1-2H3. The van der Waals surface area contributed by atoms with Gasteiger partial charge in [-0.05, 0) is 45.5 Å². The Balaban J connectivity index is 2.27. The highest BCUT2D eigenvalue weighted by Crippen LogP contribution is 2.39. The summed E-state index contributed by atoms with van der Waals surface area (Å²) in [6, 6.07) is 15.6. The summed E-state index contributed by atoms with van der Waals surface area (Å²) >= 11 is 0. The molecule has 5 aromatic carbocycles. The van der Waals surface area contributed by atoms with Gasteiger partial charge in [0, 0.05) is 21.5 Å². The fraction of sp³-hybridized carbons (Fsp3) is 0.167. The fourth-order valence-electron chi connectivity index (χ4n) is 4.72. The lowest BCUT2D eigenvalue weighted by Crippen LogP contribution is -2.03. The molecule has 0 saturated carbocycles. The summed E-state index contributed by atoms with van der Waals surface area (Å²) in [7, 11) is 0. The number of fused-ring (bicyclic) bond motifs is 6. The van der Waals surface area contributed by atoms with Gasteiger partial charge in [-0.3, -0.25) is 9.59 Å². The Morgan fingerprint density at radius 1 is 0.538 bits per heavy atom. The molecule has 5 rings (SSSR count). The molecule has 0 atom stereocenters. The average Bonchev–Trinajstić information content (AvgIpc) is 3.14. The van der Waals surface area contributed by atoms with Crippen LogP contribution in [0.5, 0.6) is 0 Å². The van der Waals surface area contributed by atoms with Crippen molar-refractivity contribution in [2.45, 2.75) is 26.7 Å². The normalized spacial score (nSPS) is 12.1. The number of hydrogen-bond acceptors (Lipinski definition) is 2. The van der Waals surface area contributed by atoms with E-state index in [1.165, 1.54) is 0 Å². The van der Waals surface area contributed by atoms with E-state index in [0.29, 0.717) is 0 Å². The molecule has 2 nitrogen and oxygen atoms in total. The summed E-state index contributed by atoms with van der Waals surface area (Å²) in [5.41, 5.74) is 2.24. The molecule has 0 aliphatic rings. The molecule has 0 fully saturated rings. The predicted octanol–water partition coefficient (Wildman–Crippen LogP) is 5.02. The molecule has 5 aromatic rings. The van der Waals surface area contributed by atoms with E-state index in [2.05, 4.69) is 13.8 Å². The molecule has 0 N–H and O–H groups in total. The highest BCUT2D eigenvalue weighted by Gasteiger charge is 2.24. The first-order chi connectivity index (χ1) is 12.7. The van der Waals surface area contributed by atoms with E-state index in [4.69, 9.17) is 0 Å². The number of hydrogen-bond donors (Lipinski definition) is 0. The molecular formula is C24H18O2. The molecule has 0 aliphatic heterocycles. The summed E-state index contributed by atoms with van der Waals surface area (Å²) in [5.74, 6) is 0. The van der Waals surface area contributed by atoms with Crippen LogP contribution < -0.4 is 10.9 Å². The van der Waals surface area contributed by atoms with Crippen molar-refractivity contribution in [3.8, 4) is 0 Å². The van der Waals surface area contributed by atoms with Crippen molar-refractivity contribution in [1.29, 1.82) is 0 Å². The molecule has 0 amide bonds. The molecule has 126 valence electrons. The Bertz CT molecular complexity index is 1320. The highest BCUT2D eigenvalue weighted by atomic mass is 16.1. The van der Waals surface area contributed by atoms with Crippen LogP contribution in [0.3, 0.4) is 0 Å². The monoisotopic (exact) mass is 338 g/mol. The molecule has 0 bridgehead atoms. The summed E-state index contributed by atoms with van der Waals surface area (Å²) in [6.45, 7) is 4.15. The van der Waals surface area contributed by atoms with Crippen molar-refractivity contribution in [2.24, 2.45) is 0 Å². The maximum atomic E-state index is 13.2. The second kappa shape index (κ2) is 5.25. The van der Waals surface area contributed by atoms with E-state index in [9.17, 15) is 9.59 Å². The van der Waals surface area contributed by atoms with Gasteiger partial charge in [-0.2, -0.15) is 0 Å². The first kappa shape index (κ1) is 15.3. The maximum Gasteiger partial charge on any atom is 0.194 e. The van der Waals surface area contributed by atoms with E-state index >= 15 is 0 Å². The molecule has 0 saturated heterocycles. The van der Waals surface area contributed by atoms with Crippen molar-refractivity contribution in [1.82, 2.24) is 0 Å². The fourth-order valence-corrected chi connectivity index (χ4v) is 4.72. The van der Waals surface area contributed by atoms with Crippen LogP contribution in [-0.4, -0.2) is 0 Å². The van der Waals surface area contributed by atoms with E-state index in [1.54, 1.807) is 0 Å². The third-order valence-corrected chi connectivity index (χ3v) is 5.75. The van der Waals surface area contributed by atoms with Crippen molar-refractivity contribution < 1.29 is 0 Å². The largest absolute Gasteiger partial charge is 0.289 e. The zero-order valence-electron chi connectivity index (χ0n) is 14.8. The lowest BCUT2D eigenvalue weighted by molar-refractivity contribution is 1.16. The molecule has 0 aromatic heterocycles. The highest BCUT2D eigenvalue weighted by molar-refractivity contribution is 6.25. The van der Waals surface area contributed by atoms with Gasteiger partial charge in [0.15, 0.2) is 10.9 Å². The van der Waals surface area contributed by atoms with Gasteiger partial charge in [0.25, 0.3) is 0 Å². The molecule has 0 radical (unpaired) electrons. The molecule has 0 heterocycles. The van der Waals surface area contributed by atoms with Crippen LogP contribution in [-0.2, 0) is 12.8 Å². The number of benzene rings is 3. The van der Waals surface area contributed by atoms with Crippen molar-refractivity contribution in [3.63, 3.8) is 0 Å². The van der Waals surface area contributed by atoms with Gasteiger partial charge < -0.3 is 0 Å². The lowest BCUT2D eigenvalue weighted by Gasteiger charge is -2.10. The summed E-state index contributed by atoms with van der Waals surface area (Å²) in [4.78, 5) is 26.5. The third-order valence-electron chi connectivity index (χ3n) is 5.75. The molecule has 0 spiro atoms. The second-order valence-corrected chi connectivity index (χ2v) is 6.91. The van der Waals surface area contributed by atoms with Crippen LogP contribution in [0.25, 0.3) is 43.1 Å². The Labute approximate surface area is 150 Å². The molecule has 0 unspecified atom stereocenters. The minimum absolute atomic E-state index is 0.0989. The number of aryl methyl sites for hydroxylation is 2. The molecule has 2 heteroatoms. The zero-order chi connectivity index (χ0) is 18.0. The zero-order valence-corrected chi connectivity index (χ0v) is 14.8. The summed E-state index contributed by atoms with van der Waals surface area (Å²) in [5, 5.41) is 7.08. The smallest absolute Gasteiger partial charge is 0.194 e. The van der Waals surface area contributed by atoms with Crippen LogP contribution in [0.1, 0.15) is 25.0 Å². The van der Waals surface area contributed by atoms with Gasteiger partial charge in [-0.15, -0.1) is 0 Å². The predicted molar refractivity (Wildman–Crippen MR) is 110 cm³/mol. The minimum atomic E-state index is 0.0989. The maximum absolute atomic E-state index is 13.2. The summed E-state index contributed by atoms with van der Waals surface area (Å²) in [6.07, 6.45) is 1.46. The second-order valence-electron chi connectivity index (χ2n) is 6.91.